The zero-order valence-electron chi connectivity index (χ0n) is 9.36. The normalized spacial score (nSPS) is 14.6. The maximum atomic E-state index is 11.6. The number of nitrogens with one attached hydrogen (secondary N) is 1. The smallest absolute Gasteiger partial charge is 0.321 e. The highest BCUT2D eigenvalue weighted by Gasteiger charge is 2.30. The molecule has 1 N–H and O–H groups in total. The molecule has 2 rings (SSSR count). The van der Waals surface area contributed by atoms with Gasteiger partial charge in [0, 0.05) is 13.0 Å². The fraction of sp³-hybridized carbons (Fsp3) is 0.600. The largest absolute Gasteiger partial charge is 0.467 e. The predicted molar refractivity (Wildman–Crippen MR) is 57.4 cm³/mol. The van der Waals surface area contributed by atoms with Gasteiger partial charge in [-0.1, -0.05) is 0 Å². The quantitative estimate of drug-likeness (QED) is 0.779. The van der Waals surface area contributed by atoms with Crippen LogP contribution in [0.2, 0.25) is 0 Å². The summed E-state index contributed by atoms with van der Waals surface area (Å²) in [5, 5.41) is 2.81. The number of carbonyl (C=O) groups excluding carboxylic acids is 1. The van der Waals surface area contributed by atoms with Gasteiger partial charge in [-0.05, 0) is 12.8 Å². The minimum atomic E-state index is 0.204. The number of aromatic nitrogens is 3. The van der Waals surface area contributed by atoms with Gasteiger partial charge in [-0.15, -0.1) is 0 Å². The number of ether oxygens (including phenoxy) is 1. The third-order valence-corrected chi connectivity index (χ3v) is 2.43. The van der Waals surface area contributed by atoms with Gasteiger partial charge in [0.25, 0.3) is 0 Å². The van der Waals surface area contributed by atoms with Crippen molar-refractivity contribution in [1.29, 1.82) is 0 Å². The van der Waals surface area contributed by atoms with Crippen molar-refractivity contribution in [2.24, 2.45) is 5.92 Å². The first kappa shape index (κ1) is 10.8. The summed E-state index contributed by atoms with van der Waals surface area (Å²) in [6.07, 6.45) is 2.26. The Kier molecular flexibility index (Phi) is 2.98. The molecule has 1 heterocycles. The summed E-state index contributed by atoms with van der Waals surface area (Å²) in [5.74, 6) is 1.31. The van der Waals surface area contributed by atoms with Gasteiger partial charge >= 0.3 is 6.01 Å². The summed E-state index contributed by atoms with van der Waals surface area (Å²) < 4.78 is 4.94. The summed E-state index contributed by atoms with van der Waals surface area (Å²) in [6, 6.07) is 0.234. The fourth-order valence-corrected chi connectivity index (χ4v) is 1.39. The lowest BCUT2D eigenvalue weighted by Gasteiger charge is -2.04. The molecule has 86 valence electrons. The SMILES string of the molecule is CNc1nc(CC(=O)C2CC2)nc(OC)n1. The maximum Gasteiger partial charge on any atom is 0.321 e. The summed E-state index contributed by atoms with van der Waals surface area (Å²) in [5.41, 5.74) is 0. The number of hydrogen-bond donors (Lipinski definition) is 1. The molecule has 0 radical (unpaired) electrons. The first-order valence-corrected chi connectivity index (χ1v) is 5.22. The van der Waals surface area contributed by atoms with Crippen molar-refractivity contribution in [3.63, 3.8) is 0 Å². The van der Waals surface area contributed by atoms with E-state index < -0.39 is 0 Å². The van der Waals surface area contributed by atoms with E-state index in [4.69, 9.17) is 4.74 Å². The van der Waals surface area contributed by atoms with Crippen LogP contribution < -0.4 is 10.1 Å². The van der Waals surface area contributed by atoms with E-state index in [1.807, 2.05) is 0 Å². The Morgan fingerprint density at radius 1 is 1.44 bits per heavy atom. The van der Waals surface area contributed by atoms with Gasteiger partial charge in [-0.3, -0.25) is 4.79 Å². The van der Waals surface area contributed by atoms with Crippen LogP contribution in [0.5, 0.6) is 6.01 Å². The topological polar surface area (TPSA) is 77.0 Å². The first-order chi connectivity index (χ1) is 7.72. The minimum Gasteiger partial charge on any atom is -0.467 e. The van der Waals surface area contributed by atoms with Crippen molar-refractivity contribution >= 4 is 11.7 Å². The van der Waals surface area contributed by atoms with Gasteiger partial charge < -0.3 is 10.1 Å². The van der Waals surface area contributed by atoms with Crippen molar-refractivity contribution in [2.45, 2.75) is 19.3 Å². The molecule has 1 aliphatic carbocycles. The Hall–Kier alpha value is -1.72. The third kappa shape index (κ3) is 2.44. The average molecular weight is 222 g/mol. The van der Waals surface area contributed by atoms with E-state index in [1.165, 1.54) is 7.11 Å². The molecule has 0 atom stereocenters. The first-order valence-electron chi connectivity index (χ1n) is 5.22. The highest BCUT2D eigenvalue weighted by molar-refractivity contribution is 5.84. The highest BCUT2D eigenvalue weighted by atomic mass is 16.5. The molecule has 1 aliphatic rings. The Morgan fingerprint density at radius 2 is 2.19 bits per heavy atom. The van der Waals surface area contributed by atoms with Crippen LogP contribution in [0.15, 0.2) is 0 Å². The number of methoxy groups -OCH3 is 1. The molecule has 1 aromatic rings. The minimum absolute atomic E-state index is 0.204. The lowest BCUT2D eigenvalue weighted by Crippen LogP contribution is -2.11. The molecule has 1 fully saturated rings. The van der Waals surface area contributed by atoms with Crippen LogP contribution in [-0.4, -0.2) is 34.9 Å². The molecule has 16 heavy (non-hydrogen) atoms. The molecule has 0 saturated heterocycles. The van der Waals surface area contributed by atoms with Crippen molar-refractivity contribution in [2.75, 3.05) is 19.5 Å². The summed E-state index contributed by atoms with van der Waals surface area (Å²) in [7, 11) is 3.20. The van der Waals surface area contributed by atoms with E-state index in [2.05, 4.69) is 20.3 Å². The van der Waals surface area contributed by atoms with Crippen molar-refractivity contribution in [1.82, 2.24) is 15.0 Å². The van der Waals surface area contributed by atoms with E-state index >= 15 is 0 Å². The number of hydrogen-bond acceptors (Lipinski definition) is 6. The highest BCUT2D eigenvalue weighted by Crippen LogP contribution is 2.30. The molecule has 1 aromatic heterocycles. The molecule has 0 spiro atoms. The van der Waals surface area contributed by atoms with E-state index in [0.717, 1.165) is 12.8 Å². The van der Waals surface area contributed by atoms with E-state index in [9.17, 15) is 4.79 Å². The number of anilines is 1. The lowest BCUT2D eigenvalue weighted by atomic mass is 10.2. The monoisotopic (exact) mass is 222 g/mol. The maximum absolute atomic E-state index is 11.6. The fourth-order valence-electron chi connectivity index (χ4n) is 1.39. The molecule has 6 heteroatoms. The van der Waals surface area contributed by atoms with Crippen LogP contribution in [0.1, 0.15) is 18.7 Å². The number of rotatable bonds is 5. The Morgan fingerprint density at radius 3 is 2.75 bits per heavy atom. The number of nitrogens with zero attached hydrogens (tertiary/aromatic N) is 3. The second kappa shape index (κ2) is 4.42. The van der Waals surface area contributed by atoms with Crippen molar-refractivity contribution < 1.29 is 9.53 Å². The number of Topliss-reactive ketones (excluding diaryl/α,β-unsaturated/α-hetero) is 1. The van der Waals surface area contributed by atoms with Gasteiger partial charge in [0.2, 0.25) is 5.95 Å². The number of carbonyl (C=O) groups is 1. The van der Waals surface area contributed by atoms with Crippen LogP contribution in [0.4, 0.5) is 5.95 Å². The van der Waals surface area contributed by atoms with Crippen molar-refractivity contribution in [3.8, 4) is 6.01 Å². The summed E-state index contributed by atoms with van der Waals surface area (Å²) in [4.78, 5) is 23.7. The standard InChI is InChI=1S/C10H14N4O2/c1-11-9-12-8(13-10(14-9)16-2)5-7(15)6-3-4-6/h6H,3-5H2,1-2H3,(H,11,12,13,14). The predicted octanol–water partition coefficient (Wildman–Crippen LogP) is 0.443. The second-order valence-electron chi connectivity index (χ2n) is 3.73. The Balaban J connectivity index is 2.14. The van der Waals surface area contributed by atoms with Gasteiger partial charge in [0.1, 0.15) is 11.6 Å². The van der Waals surface area contributed by atoms with Gasteiger partial charge in [0.05, 0.1) is 13.5 Å². The molecule has 0 aromatic carbocycles. The molecular weight excluding hydrogens is 208 g/mol. The van der Waals surface area contributed by atoms with Gasteiger partial charge in [0.15, 0.2) is 0 Å². The van der Waals surface area contributed by atoms with Gasteiger partial charge in [-0.2, -0.15) is 15.0 Å². The van der Waals surface area contributed by atoms with E-state index in [1.54, 1.807) is 7.05 Å². The van der Waals surface area contributed by atoms with E-state index in [-0.39, 0.29) is 24.1 Å². The molecule has 0 aliphatic heterocycles. The van der Waals surface area contributed by atoms with Crippen molar-refractivity contribution in [3.05, 3.63) is 5.82 Å². The molecule has 1 saturated carbocycles. The van der Waals surface area contributed by atoms with E-state index in [0.29, 0.717) is 11.8 Å². The summed E-state index contributed by atoms with van der Waals surface area (Å²) in [6.45, 7) is 0. The number of ketones is 1. The van der Waals surface area contributed by atoms with Crippen LogP contribution in [0.25, 0.3) is 0 Å². The average Bonchev–Trinajstić information content (AvgIpc) is 3.12. The van der Waals surface area contributed by atoms with Crippen LogP contribution in [0, 0.1) is 5.92 Å². The second-order valence-corrected chi connectivity index (χ2v) is 3.73. The molecular formula is C10H14N4O2. The molecule has 0 unspecified atom stereocenters. The third-order valence-electron chi connectivity index (χ3n) is 2.43. The zero-order valence-corrected chi connectivity index (χ0v) is 9.36. The van der Waals surface area contributed by atoms with Crippen LogP contribution >= 0.6 is 0 Å². The van der Waals surface area contributed by atoms with Crippen LogP contribution in [-0.2, 0) is 11.2 Å². The van der Waals surface area contributed by atoms with Crippen LogP contribution in [0.3, 0.4) is 0 Å². The lowest BCUT2D eigenvalue weighted by molar-refractivity contribution is -0.119. The molecule has 6 nitrogen and oxygen atoms in total. The Bertz CT molecular complexity index is 382. The Labute approximate surface area is 93.5 Å². The zero-order chi connectivity index (χ0) is 11.5. The van der Waals surface area contributed by atoms with Gasteiger partial charge in [-0.25, -0.2) is 0 Å². The molecule has 0 amide bonds. The summed E-state index contributed by atoms with van der Waals surface area (Å²) >= 11 is 0. The molecule has 0 bridgehead atoms.